The van der Waals surface area contributed by atoms with Gasteiger partial charge in [0.15, 0.2) is 0 Å². The van der Waals surface area contributed by atoms with Crippen LogP contribution in [0.1, 0.15) is 24.8 Å². The SMILES string of the molecule is COCCCCCNc1ncc(Br)cc1C. The Morgan fingerprint density at radius 1 is 1.38 bits per heavy atom. The summed E-state index contributed by atoms with van der Waals surface area (Å²) in [5.74, 6) is 0.981. The van der Waals surface area contributed by atoms with E-state index in [-0.39, 0.29) is 0 Å². The van der Waals surface area contributed by atoms with Gasteiger partial charge < -0.3 is 10.1 Å². The molecule has 1 rings (SSSR count). The van der Waals surface area contributed by atoms with Crippen LogP contribution in [0.4, 0.5) is 5.82 Å². The van der Waals surface area contributed by atoms with Crippen molar-refractivity contribution < 1.29 is 4.74 Å². The highest BCUT2D eigenvalue weighted by atomic mass is 79.9. The maximum Gasteiger partial charge on any atom is 0.128 e. The summed E-state index contributed by atoms with van der Waals surface area (Å²) < 4.78 is 6.02. The molecule has 0 saturated heterocycles. The van der Waals surface area contributed by atoms with E-state index < -0.39 is 0 Å². The lowest BCUT2D eigenvalue weighted by atomic mass is 10.2. The van der Waals surface area contributed by atoms with Gasteiger partial charge in [-0.25, -0.2) is 4.98 Å². The van der Waals surface area contributed by atoms with E-state index in [0.29, 0.717) is 0 Å². The van der Waals surface area contributed by atoms with Gasteiger partial charge in [0, 0.05) is 30.9 Å². The second-order valence-corrected chi connectivity index (χ2v) is 4.71. The number of aryl methyl sites for hydroxylation is 1. The number of hydrogen-bond acceptors (Lipinski definition) is 3. The maximum atomic E-state index is 5.00. The van der Waals surface area contributed by atoms with Gasteiger partial charge in [0.05, 0.1) is 0 Å². The summed E-state index contributed by atoms with van der Waals surface area (Å²) in [6, 6.07) is 2.07. The number of nitrogens with zero attached hydrogens (tertiary/aromatic N) is 1. The molecule has 0 radical (unpaired) electrons. The molecule has 1 aromatic rings. The quantitative estimate of drug-likeness (QED) is 0.781. The molecule has 1 aromatic heterocycles. The minimum atomic E-state index is 0.857. The fourth-order valence-corrected chi connectivity index (χ4v) is 1.93. The number of ether oxygens (including phenoxy) is 1. The summed E-state index contributed by atoms with van der Waals surface area (Å²) in [7, 11) is 1.74. The third-order valence-electron chi connectivity index (χ3n) is 2.36. The van der Waals surface area contributed by atoms with Crippen LogP contribution in [0.2, 0.25) is 0 Å². The number of halogens is 1. The largest absolute Gasteiger partial charge is 0.385 e. The summed E-state index contributed by atoms with van der Waals surface area (Å²) >= 11 is 3.40. The van der Waals surface area contributed by atoms with Crippen molar-refractivity contribution in [3.05, 3.63) is 22.3 Å². The first kappa shape index (κ1) is 13.5. The zero-order chi connectivity index (χ0) is 11.8. The summed E-state index contributed by atoms with van der Waals surface area (Å²) in [4.78, 5) is 4.33. The minimum absolute atomic E-state index is 0.857. The van der Waals surface area contributed by atoms with Gasteiger partial charge in [-0.3, -0.25) is 0 Å². The predicted molar refractivity (Wildman–Crippen MR) is 70.9 cm³/mol. The highest BCUT2D eigenvalue weighted by molar-refractivity contribution is 9.10. The van der Waals surface area contributed by atoms with Crippen molar-refractivity contribution in [3.8, 4) is 0 Å². The molecule has 0 fully saturated rings. The summed E-state index contributed by atoms with van der Waals surface area (Å²) in [6.45, 7) is 3.89. The van der Waals surface area contributed by atoms with E-state index in [1.165, 1.54) is 12.0 Å². The molecule has 16 heavy (non-hydrogen) atoms. The second-order valence-electron chi connectivity index (χ2n) is 3.80. The zero-order valence-corrected chi connectivity index (χ0v) is 11.5. The summed E-state index contributed by atoms with van der Waals surface area (Å²) in [5.41, 5.74) is 1.17. The van der Waals surface area contributed by atoms with E-state index in [9.17, 15) is 0 Å². The second kappa shape index (κ2) is 7.63. The van der Waals surface area contributed by atoms with Crippen LogP contribution in [0.5, 0.6) is 0 Å². The lowest BCUT2D eigenvalue weighted by Gasteiger charge is -2.08. The standard InChI is InChI=1S/C12H19BrN2O/c1-10-8-11(13)9-15-12(10)14-6-4-3-5-7-16-2/h8-9H,3-7H2,1-2H3,(H,14,15). The molecule has 90 valence electrons. The van der Waals surface area contributed by atoms with Crippen LogP contribution in [0, 0.1) is 6.92 Å². The first-order valence-corrected chi connectivity index (χ1v) is 6.38. The Balaban J connectivity index is 2.21. The summed E-state index contributed by atoms with van der Waals surface area (Å²) in [6.07, 6.45) is 5.29. The van der Waals surface area contributed by atoms with Gasteiger partial charge in [-0.15, -0.1) is 0 Å². The van der Waals surface area contributed by atoms with E-state index in [1.807, 2.05) is 6.20 Å². The van der Waals surface area contributed by atoms with E-state index in [0.717, 1.165) is 36.3 Å². The van der Waals surface area contributed by atoms with Gasteiger partial charge >= 0.3 is 0 Å². The third kappa shape index (κ3) is 4.94. The van der Waals surface area contributed by atoms with Crippen molar-refractivity contribution >= 4 is 21.7 Å². The first-order chi connectivity index (χ1) is 7.74. The fourth-order valence-electron chi connectivity index (χ4n) is 1.48. The van der Waals surface area contributed by atoms with Gasteiger partial charge in [-0.2, -0.15) is 0 Å². The molecule has 0 spiro atoms. The van der Waals surface area contributed by atoms with E-state index >= 15 is 0 Å². The highest BCUT2D eigenvalue weighted by Gasteiger charge is 1.99. The van der Waals surface area contributed by atoms with Crippen LogP contribution in [-0.4, -0.2) is 25.2 Å². The van der Waals surface area contributed by atoms with Crippen LogP contribution in [0.25, 0.3) is 0 Å². The van der Waals surface area contributed by atoms with Gasteiger partial charge in [0.25, 0.3) is 0 Å². The first-order valence-electron chi connectivity index (χ1n) is 5.59. The number of pyridine rings is 1. The Bertz CT molecular complexity index is 318. The molecule has 0 atom stereocenters. The molecular formula is C12H19BrN2O. The van der Waals surface area contributed by atoms with Crippen molar-refractivity contribution in [2.45, 2.75) is 26.2 Å². The van der Waals surface area contributed by atoms with Gasteiger partial charge in [0.1, 0.15) is 5.82 Å². The monoisotopic (exact) mass is 286 g/mol. The molecule has 0 bridgehead atoms. The molecule has 1 N–H and O–H groups in total. The number of hydrogen-bond donors (Lipinski definition) is 1. The normalized spacial score (nSPS) is 10.4. The Kier molecular flexibility index (Phi) is 6.42. The predicted octanol–water partition coefficient (Wildman–Crippen LogP) is 3.38. The number of aromatic nitrogens is 1. The molecule has 0 aliphatic heterocycles. The lowest BCUT2D eigenvalue weighted by Crippen LogP contribution is -2.05. The average Bonchev–Trinajstić information content (AvgIpc) is 2.26. The minimum Gasteiger partial charge on any atom is -0.385 e. The smallest absolute Gasteiger partial charge is 0.128 e. The summed E-state index contributed by atoms with van der Waals surface area (Å²) in [5, 5.41) is 3.34. The van der Waals surface area contributed by atoms with Gasteiger partial charge in [0.2, 0.25) is 0 Å². The number of unbranched alkanes of at least 4 members (excludes halogenated alkanes) is 2. The molecule has 0 unspecified atom stereocenters. The van der Waals surface area contributed by atoms with Crippen molar-refractivity contribution in [2.24, 2.45) is 0 Å². The topological polar surface area (TPSA) is 34.1 Å². The van der Waals surface area contributed by atoms with Crippen molar-refractivity contribution in [2.75, 3.05) is 25.6 Å². The number of nitrogens with one attached hydrogen (secondary N) is 1. The number of anilines is 1. The molecule has 0 aromatic carbocycles. The van der Waals surface area contributed by atoms with Crippen LogP contribution in [0.3, 0.4) is 0 Å². The average molecular weight is 287 g/mol. The number of methoxy groups -OCH3 is 1. The van der Waals surface area contributed by atoms with Crippen LogP contribution in [0.15, 0.2) is 16.7 Å². The Morgan fingerprint density at radius 3 is 2.88 bits per heavy atom. The van der Waals surface area contributed by atoms with Gasteiger partial charge in [-0.1, -0.05) is 0 Å². The van der Waals surface area contributed by atoms with Gasteiger partial charge in [-0.05, 0) is 53.7 Å². The van der Waals surface area contributed by atoms with Crippen molar-refractivity contribution in [1.82, 2.24) is 4.98 Å². The van der Waals surface area contributed by atoms with E-state index in [4.69, 9.17) is 4.74 Å². The van der Waals surface area contributed by atoms with E-state index in [2.05, 4.69) is 39.2 Å². The zero-order valence-electron chi connectivity index (χ0n) is 9.92. The third-order valence-corrected chi connectivity index (χ3v) is 2.80. The maximum absolute atomic E-state index is 5.00. The number of rotatable bonds is 7. The lowest BCUT2D eigenvalue weighted by molar-refractivity contribution is 0.192. The molecule has 1 heterocycles. The van der Waals surface area contributed by atoms with Crippen LogP contribution in [-0.2, 0) is 4.74 Å². The molecular weight excluding hydrogens is 268 g/mol. The Hall–Kier alpha value is -0.610. The van der Waals surface area contributed by atoms with Crippen molar-refractivity contribution in [3.63, 3.8) is 0 Å². The van der Waals surface area contributed by atoms with Crippen LogP contribution >= 0.6 is 15.9 Å². The molecule has 0 amide bonds. The van der Waals surface area contributed by atoms with Crippen LogP contribution < -0.4 is 5.32 Å². The van der Waals surface area contributed by atoms with E-state index in [1.54, 1.807) is 7.11 Å². The molecule has 0 saturated carbocycles. The van der Waals surface area contributed by atoms with Crippen molar-refractivity contribution in [1.29, 1.82) is 0 Å². The molecule has 0 aliphatic carbocycles. The Labute approximate surface area is 106 Å². The molecule has 0 aliphatic rings. The highest BCUT2D eigenvalue weighted by Crippen LogP contribution is 2.16. The molecule has 3 nitrogen and oxygen atoms in total. The molecule has 4 heteroatoms. The Morgan fingerprint density at radius 2 is 2.19 bits per heavy atom. The fraction of sp³-hybridized carbons (Fsp3) is 0.583.